The van der Waals surface area contributed by atoms with Gasteiger partial charge in [0.1, 0.15) is 12.9 Å². The van der Waals surface area contributed by atoms with Gasteiger partial charge in [-0.15, -0.1) is 5.10 Å². The Hall–Kier alpha value is -3.81. The summed E-state index contributed by atoms with van der Waals surface area (Å²) in [4.78, 5) is 29.0. The monoisotopic (exact) mass is 389 g/mol. The van der Waals surface area contributed by atoms with E-state index in [9.17, 15) is 9.59 Å². The minimum Gasteiger partial charge on any atom is -0.448 e. The van der Waals surface area contributed by atoms with Gasteiger partial charge < -0.3 is 9.72 Å². The molecular weight excluding hydrogens is 370 g/mol. The molecule has 1 N–H and O–H groups in total. The number of tetrazole rings is 1. The molecule has 0 unspecified atom stereocenters. The number of benzene rings is 2. The van der Waals surface area contributed by atoms with Crippen molar-refractivity contribution in [3.05, 3.63) is 77.7 Å². The molecule has 0 fully saturated rings. The third-order valence-electron chi connectivity index (χ3n) is 4.72. The summed E-state index contributed by atoms with van der Waals surface area (Å²) in [6.45, 7) is 1.88. The predicted molar refractivity (Wildman–Crippen MR) is 105 cm³/mol. The highest BCUT2D eigenvalue weighted by atomic mass is 16.5. The summed E-state index contributed by atoms with van der Waals surface area (Å²) in [5.74, 6) is -0.894. The van der Waals surface area contributed by atoms with Crippen molar-refractivity contribution in [2.45, 2.75) is 26.0 Å². The lowest BCUT2D eigenvalue weighted by molar-refractivity contribution is -0.148. The van der Waals surface area contributed by atoms with Crippen LogP contribution >= 0.6 is 0 Å². The Kier molecular flexibility index (Phi) is 5.15. The summed E-state index contributed by atoms with van der Waals surface area (Å²) in [5.41, 5.74) is 3.13. The van der Waals surface area contributed by atoms with E-state index in [1.165, 1.54) is 11.0 Å². The van der Waals surface area contributed by atoms with Gasteiger partial charge in [-0.1, -0.05) is 55.5 Å². The normalized spacial score (nSPS) is 12.0. The molecule has 0 aliphatic heterocycles. The molecule has 0 aliphatic rings. The van der Waals surface area contributed by atoms with Crippen LogP contribution in [-0.4, -0.2) is 36.9 Å². The lowest BCUT2D eigenvalue weighted by atomic mass is 9.98. The van der Waals surface area contributed by atoms with Gasteiger partial charge in [-0.25, -0.2) is 4.68 Å². The van der Waals surface area contributed by atoms with Gasteiger partial charge >= 0.3 is 5.97 Å². The molecule has 0 aliphatic carbocycles. The van der Waals surface area contributed by atoms with Crippen LogP contribution in [0, 0.1) is 0 Å². The van der Waals surface area contributed by atoms with Crippen molar-refractivity contribution in [2.75, 3.05) is 0 Å². The Labute approximate surface area is 166 Å². The van der Waals surface area contributed by atoms with Crippen LogP contribution < -0.4 is 0 Å². The van der Waals surface area contributed by atoms with E-state index < -0.39 is 12.1 Å². The zero-order chi connectivity index (χ0) is 20.2. The lowest BCUT2D eigenvalue weighted by Crippen LogP contribution is -2.23. The molecule has 2 heterocycles. The number of carbonyl (C=O) groups excluding carboxylic acids is 2. The van der Waals surface area contributed by atoms with Gasteiger partial charge in [-0.05, 0) is 22.4 Å². The second-order valence-corrected chi connectivity index (χ2v) is 6.55. The van der Waals surface area contributed by atoms with Crippen molar-refractivity contribution in [1.29, 1.82) is 0 Å². The number of nitrogens with one attached hydrogen (secondary N) is 1. The van der Waals surface area contributed by atoms with E-state index in [0.717, 1.165) is 22.9 Å². The van der Waals surface area contributed by atoms with Gasteiger partial charge in [-0.3, -0.25) is 9.59 Å². The summed E-state index contributed by atoms with van der Waals surface area (Å²) in [5, 5.41) is 11.5. The number of aromatic amines is 1. The zero-order valence-corrected chi connectivity index (χ0v) is 15.8. The van der Waals surface area contributed by atoms with Crippen LogP contribution in [0.25, 0.3) is 10.9 Å². The fourth-order valence-corrected chi connectivity index (χ4v) is 3.31. The third kappa shape index (κ3) is 3.77. The molecule has 0 saturated heterocycles. The number of hydrogen-bond acceptors (Lipinski definition) is 6. The van der Waals surface area contributed by atoms with Crippen molar-refractivity contribution in [3.63, 3.8) is 0 Å². The Morgan fingerprint density at radius 2 is 1.97 bits per heavy atom. The maximum Gasteiger partial charge on any atom is 0.328 e. The van der Waals surface area contributed by atoms with Crippen molar-refractivity contribution in [1.82, 2.24) is 25.2 Å². The lowest BCUT2D eigenvalue weighted by Gasteiger charge is -2.17. The van der Waals surface area contributed by atoms with Gasteiger partial charge in [0, 0.05) is 28.2 Å². The summed E-state index contributed by atoms with van der Waals surface area (Å²) >= 11 is 0. The number of fused-ring (bicyclic) bond motifs is 1. The first-order valence-electron chi connectivity index (χ1n) is 9.25. The van der Waals surface area contributed by atoms with Crippen LogP contribution in [0.15, 0.2) is 61.1 Å². The summed E-state index contributed by atoms with van der Waals surface area (Å²) in [6.07, 6.45) is 2.77. The van der Waals surface area contributed by atoms with E-state index in [4.69, 9.17) is 4.74 Å². The van der Waals surface area contributed by atoms with E-state index in [0.29, 0.717) is 11.1 Å². The predicted octanol–water partition coefficient (Wildman–Crippen LogP) is 2.88. The number of hydrogen-bond donors (Lipinski definition) is 1. The number of Topliss-reactive ketones (excluding diaryl/α,β-unsaturated/α-hetero) is 1. The van der Waals surface area contributed by atoms with E-state index in [2.05, 4.69) is 27.4 Å². The van der Waals surface area contributed by atoms with Gasteiger partial charge in [0.2, 0.25) is 5.78 Å². The van der Waals surface area contributed by atoms with Crippen molar-refractivity contribution in [3.8, 4) is 0 Å². The quantitative estimate of drug-likeness (QED) is 0.385. The smallest absolute Gasteiger partial charge is 0.328 e. The Balaban J connectivity index is 1.68. The number of ether oxygens (including phenoxy) is 1. The van der Waals surface area contributed by atoms with Crippen LogP contribution in [0.1, 0.15) is 34.5 Å². The molecule has 4 rings (SSSR count). The van der Waals surface area contributed by atoms with Crippen LogP contribution in [0.2, 0.25) is 0 Å². The van der Waals surface area contributed by atoms with Gasteiger partial charge in [0.05, 0.1) is 0 Å². The average Bonchev–Trinajstić information content (AvgIpc) is 3.41. The number of nitrogens with zero attached hydrogens (tertiary/aromatic N) is 4. The maximum absolute atomic E-state index is 13.4. The highest BCUT2D eigenvalue weighted by Gasteiger charge is 2.28. The summed E-state index contributed by atoms with van der Waals surface area (Å²) < 4.78 is 6.83. The first-order chi connectivity index (χ1) is 14.2. The van der Waals surface area contributed by atoms with Gasteiger partial charge in [0.25, 0.3) is 0 Å². The molecule has 0 amide bonds. The molecule has 2 aromatic carbocycles. The standard InChI is InChI=1S/C21H19N5O3/c1-2-14-9-6-10-16-17(11-22-19(14)16)20(28)21(15-7-4-3-5-8-15)29-18(27)12-26-13-23-24-25-26/h3-11,13,21-22H,2,12H2,1H3/t21-/m1/s1. The SMILES string of the molecule is CCc1cccc2c(C(=O)[C@H](OC(=O)Cn3cnnn3)c3ccccc3)c[nH]c12. The molecule has 0 bridgehead atoms. The third-order valence-corrected chi connectivity index (χ3v) is 4.72. The molecule has 0 radical (unpaired) electrons. The molecule has 0 spiro atoms. The molecule has 8 nitrogen and oxygen atoms in total. The Morgan fingerprint density at radius 1 is 1.14 bits per heavy atom. The molecule has 146 valence electrons. The molecule has 4 aromatic rings. The fraction of sp³-hybridized carbons (Fsp3) is 0.190. The molecule has 2 aromatic heterocycles. The molecule has 29 heavy (non-hydrogen) atoms. The fourth-order valence-electron chi connectivity index (χ4n) is 3.31. The molecular formula is C21H19N5O3. The summed E-state index contributed by atoms with van der Waals surface area (Å²) in [6, 6.07) is 14.8. The van der Waals surface area contributed by atoms with Crippen LogP contribution in [0.5, 0.6) is 0 Å². The minimum atomic E-state index is -1.07. The van der Waals surface area contributed by atoms with Gasteiger partial charge in [0.15, 0.2) is 6.10 Å². The highest BCUT2D eigenvalue weighted by molar-refractivity contribution is 6.11. The van der Waals surface area contributed by atoms with E-state index in [-0.39, 0.29) is 12.3 Å². The Morgan fingerprint density at radius 3 is 2.69 bits per heavy atom. The number of para-hydroxylation sites is 1. The van der Waals surface area contributed by atoms with Crippen LogP contribution in [0.3, 0.4) is 0 Å². The number of rotatable bonds is 7. The minimum absolute atomic E-state index is 0.183. The van der Waals surface area contributed by atoms with E-state index >= 15 is 0 Å². The Bertz CT molecular complexity index is 1140. The second-order valence-electron chi connectivity index (χ2n) is 6.55. The second kappa shape index (κ2) is 8.05. The zero-order valence-electron chi connectivity index (χ0n) is 15.8. The van der Waals surface area contributed by atoms with Crippen molar-refractivity contribution < 1.29 is 14.3 Å². The molecule has 1 atom stereocenters. The first-order valence-corrected chi connectivity index (χ1v) is 9.25. The largest absolute Gasteiger partial charge is 0.448 e. The van der Waals surface area contributed by atoms with Crippen LogP contribution in [0.4, 0.5) is 0 Å². The maximum atomic E-state index is 13.4. The van der Waals surface area contributed by atoms with Gasteiger partial charge in [-0.2, -0.15) is 0 Å². The van der Waals surface area contributed by atoms with Crippen molar-refractivity contribution >= 4 is 22.7 Å². The molecule has 8 heteroatoms. The topological polar surface area (TPSA) is 103 Å². The van der Waals surface area contributed by atoms with Crippen molar-refractivity contribution in [2.24, 2.45) is 0 Å². The summed E-state index contributed by atoms with van der Waals surface area (Å²) in [7, 11) is 0. The number of aryl methyl sites for hydroxylation is 1. The highest BCUT2D eigenvalue weighted by Crippen LogP contribution is 2.29. The van der Waals surface area contributed by atoms with E-state index in [1.807, 2.05) is 24.3 Å². The average molecular weight is 389 g/mol. The number of ketones is 1. The molecule has 0 saturated carbocycles. The number of H-pyrrole nitrogens is 1. The van der Waals surface area contributed by atoms with E-state index in [1.54, 1.807) is 30.5 Å². The number of aromatic nitrogens is 5. The number of carbonyl (C=O) groups is 2. The number of esters is 1. The van der Waals surface area contributed by atoms with Crippen LogP contribution in [-0.2, 0) is 22.5 Å². The first kappa shape index (κ1) is 18.5.